The van der Waals surface area contributed by atoms with Gasteiger partial charge in [0.15, 0.2) is 5.82 Å². The summed E-state index contributed by atoms with van der Waals surface area (Å²) in [7, 11) is 0. The molecule has 0 bridgehead atoms. The van der Waals surface area contributed by atoms with E-state index in [1.165, 1.54) is 0 Å². The fraction of sp³-hybridized carbons (Fsp3) is 0.412. The Morgan fingerprint density at radius 1 is 1.33 bits per heavy atom. The number of ether oxygens (including phenoxy) is 1. The minimum atomic E-state index is -0.153. The van der Waals surface area contributed by atoms with Gasteiger partial charge in [-0.2, -0.15) is 0 Å². The van der Waals surface area contributed by atoms with E-state index in [-0.39, 0.29) is 18.1 Å². The number of morpholine rings is 1. The third kappa shape index (κ3) is 3.17. The molecule has 0 saturated carbocycles. The molecule has 0 aliphatic carbocycles. The van der Waals surface area contributed by atoms with Gasteiger partial charge in [-0.05, 0) is 24.1 Å². The van der Waals surface area contributed by atoms with E-state index in [1.807, 2.05) is 24.3 Å². The van der Waals surface area contributed by atoms with E-state index in [9.17, 15) is 4.79 Å². The fourth-order valence-electron chi connectivity index (χ4n) is 3.50. The Hall–Kier alpha value is -1.89. The van der Waals surface area contributed by atoms with Gasteiger partial charge in [-0.1, -0.05) is 23.7 Å². The minimum Gasteiger partial charge on any atom is -0.371 e. The second-order valence-corrected chi connectivity index (χ2v) is 6.76. The van der Waals surface area contributed by atoms with Crippen molar-refractivity contribution in [2.45, 2.75) is 24.6 Å². The zero-order chi connectivity index (χ0) is 16.5. The van der Waals surface area contributed by atoms with E-state index in [1.54, 1.807) is 12.4 Å². The lowest BCUT2D eigenvalue weighted by molar-refractivity contribution is -0.0502. The predicted molar refractivity (Wildman–Crippen MR) is 90.0 cm³/mol. The maximum atomic E-state index is 12.1. The first kappa shape index (κ1) is 15.6. The van der Waals surface area contributed by atoms with Crippen LogP contribution in [-0.4, -0.2) is 52.6 Å². The van der Waals surface area contributed by atoms with Crippen LogP contribution in [0.25, 0.3) is 0 Å². The molecule has 6 nitrogen and oxygen atoms in total. The van der Waals surface area contributed by atoms with Crippen molar-refractivity contribution in [2.24, 2.45) is 0 Å². The third-order valence-electron chi connectivity index (χ3n) is 4.71. The number of carbonyl (C=O) groups is 1. The highest BCUT2D eigenvalue weighted by atomic mass is 35.5. The highest BCUT2D eigenvalue weighted by Gasteiger charge is 2.38. The standard InChI is InChI=1S/C17H19ClN4O2/c18-12-3-1-11(2-4-12)15-9-22-8-13(7-14(22)10-24-15)21-17(23)16-19-5-6-20-16/h1-6,13-15H,7-10H2,(H,19,20)(H,21,23)/t13-,14-,15+/m0/s1. The number of carbonyl (C=O) groups excluding carboxylic acids is 1. The lowest BCUT2D eigenvalue weighted by atomic mass is 10.1. The number of amides is 1. The molecule has 0 radical (unpaired) electrons. The number of halogens is 1. The van der Waals surface area contributed by atoms with Crippen molar-refractivity contribution in [3.8, 4) is 0 Å². The summed E-state index contributed by atoms with van der Waals surface area (Å²) < 4.78 is 6.03. The van der Waals surface area contributed by atoms with Crippen molar-refractivity contribution in [1.82, 2.24) is 20.2 Å². The van der Waals surface area contributed by atoms with Crippen LogP contribution in [0.5, 0.6) is 0 Å². The number of nitrogens with one attached hydrogen (secondary N) is 2. The number of imidazole rings is 1. The summed E-state index contributed by atoms with van der Waals surface area (Å²) in [5.41, 5.74) is 1.14. The number of nitrogens with zero attached hydrogens (tertiary/aromatic N) is 2. The molecule has 2 fully saturated rings. The number of aromatic nitrogens is 2. The van der Waals surface area contributed by atoms with Gasteiger partial charge in [0.25, 0.3) is 5.91 Å². The molecule has 1 aromatic heterocycles. The molecule has 2 saturated heterocycles. The number of hydrogen-bond donors (Lipinski definition) is 2. The van der Waals surface area contributed by atoms with Crippen molar-refractivity contribution in [1.29, 1.82) is 0 Å². The van der Waals surface area contributed by atoms with Crippen LogP contribution in [0.4, 0.5) is 0 Å². The van der Waals surface area contributed by atoms with E-state index in [0.29, 0.717) is 18.5 Å². The molecular weight excluding hydrogens is 328 g/mol. The zero-order valence-electron chi connectivity index (χ0n) is 13.1. The van der Waals surface area contributed by atoms with Gasteiger partial charge < -0.3 is 15.0 Å². The van der Waals surface area contributed by atoms with Crippen LogP contribution in [0.2, 0.25) is 5.02 Å². The number of hydrogen-bond acceptors (Lipinski definition) is 4. The van der Waals surface area contributed by atoms with Crippen molar-refractivity contribution >= 4 is 17.5 Å². The minimum absolute atomic E-state index is 0.0537. The number of benzene rings is 1. The smallest absolute Gasteiger partial charge is 0.287 e. The molecule has 126 valence electrons. The first-order valence-electron chi connectivity index (χ1n) is 8.10. The Bertz CT molecular complexity index is 704. The average Bonchev–Trinajstić information content (AvgIpc) is 3.24. The summed E-state index contributed by atoms with van der Waals surface area (Å²) in [5.74, 6) is 0.204. The van der Waals surface area contributed by atoms with E-state index >= 15 is 0 Å². The van der Waals surface area contributed by atoms with E-state index in [0.717, 1.165) is 30.1 Å². The van der Waals surface area contributed by atoms with Gasteiger partial charge in [-0.25, -0.2) is 4.98 Å². The van der Waals surface area contributed by atoms with Crippen molar-refractivity contribution in [2.75, 3.05) is 19.7 Å². The van der Waals surface area contributed by atoms with Crippen LogP contribution in [0.3, 0.4) is 0 Å². The average molecular weight is 347 g/mol. The van der Waals surface area contributed by atoms with Crippen molar-refractivity contribution < 1.29 is 9.53 Å². The van der Waals surface area contributed by atoms with Crippen molar-refractivity contribution in [3.05, 3.63) is 53.1 Å². The zero-order valence-corrected chi connectivity index (χ0v) is 13.9. The van der Waals surface area contributed by atoms with Crippen LogP contribution in [0.1, 0.15) is 28.7 Å². The molecular formula is C17H19ClN4O2. The molecule has 7 heteroatoms. The Morgan fingerprint density at radius 3 is 2.92 bits per heavy atom. The van der Waals surface area contributed by atoms with Gasteiger partial charge in [-0.15, -0.1) is 0 Å². The normalized spacial score (nSPS) is 27.0. The Balaban J connectivity index is 1.37. The Labute approximate surface area is 145 Å². The van der Waals surface area contributed by atoms with Crippen LogP contribution < -0.4 is 5.32 Å². The molecule has 0 unspecified atom stereocenters. The van der Waals surface area contributed by atoms with Crippen LogP contribution in [-0.2, 0) is 4.74 Å². The van der Waals surface area contributed by atoms with Crippen LogP contribution in [0.15, 0.2) is 36.7 Å². The number of aromatic amines is 1. The molecule has 2 aromatic rings. The Kier molecular flexibility index (Phi) is 4.26. The molecule has 3 heterocycles. The number of fused-ring (bicyclic) bond motifs is 1. The van der Waals surface area contributed by atoms with Crippen LogP contribution >= 0.6 is 11.6 Å². The number of H-pyrrole nitrogens is 1. The van der Waals surface area contributed by atoms with Gasteiger partial charge in [0.05, 0.1) is 12.7 Å². The fourth-order valence-corrected chi connectivity index (χ4v) is 3.63. The van der Waals surface area contributed by atoms with Gasteiger partial charge >= 0.3 is 0 Å². The van der Waals surface area contributed by atoms with Gasteiger partial charge in [-0.3, -0.25) is 9.69 Å². The molecule has 2 aliphatic rings. The molecule has 1 aromatic carbocycles. The molecule has 1 amide bonds. The molecule has 24 heavy (non-hydrogen) atoms. The largest absolute Gasteiger partial charge is 0.371 e. The lowest BCUT2D eigenvalue weighted by Gasteiger charge is -2.35. The summed E-state index contributed by atoms with van der Waals surface area (Å²) >= 11 is 5.95. The highest BCUT2D eigenvalue weighted by molar-refractivity contribution is 6.30. The first-order chi connectivity index (χ1) is 11.7. The highest BCUT2D eigenvalue weighted by Crippen LogP contribution is 2.30. The predicted octanol–water partition coefficient (Wildman–Crippen LogP) is 2.01. The first-order valence-corrected chi connectivity index (χ1v) is 8.48. The Morgan fingerprint density at radius 2 is 2.17 bits per heavy atom. The van der Waals surface area contributed by atoms with Gasteiger partial charge in [0.2, 0.25) is 0 Å². The molecule has 4 rings (SSSR count). The van der Waals surface area contributed by atoms with Gasteiger partial charge in [0, 0.05) is 42.6 Å². The summed E-state index contributed by atoms with van der Waals surface area (Å²) in [4.78, 5) is 21.3. The topological polar surface area (TPSA) is 70.2 Å². The maximum absolute atomic E-state index is 12.1. The quantitative estimate of drug-likeness (QED) is 0.892. The summed E-state index contributed by atoms with van der Waals surface area (Å²) in [6, 6.07) is 8.29. The molecule has 2 aliphatic heterocycles. The maximum Gasteiger partial charge on any atom is 0.287 e. The van der Waals surface area contributed by atoms with Crippen LogP contribution in [0, 0.1) is 0 Å². The van der Waals surface area contributed by atoms with E-state index < -0.39 is 0 Å². The SMILES string of the molecule is O=C(N[C@H]1C[C@H]2CO[C@@H](c3ccc(Cl)cc3)CN2C1)c1ncc[nH]1. The molecule has 3 atom stereocenters. The molecule has 0 spiro atoms. The number of rotatable bonds is 3. The van der Waals surface area contributed by atoms with E-state index in [2.05, 4.69) is 20.2 Å². The molecule has 2 N–H and O–H groups in total. The second kappa shape index (κ2) is 6.55. The summed E-state index contributed by atoms with van der Waals surface area (Å²) in [6.45, 7) is 2.35. The van der Waals surface area contributed by atoms with Gasteiger partial charge in [0.1, 0.15) is 0 Å². The monoisotopic (exact) mass is 346 g/mol. The summed E-state index contributed by atoms with van der Waals surface area (Å²) in [5, 5.41) is 3.78. The van der Waals surface area contributed by atoms with Crippen molar-refractivity contribution in [3.63, 3.8) is 0 Å². The summed E-state index contributed by atoms with van der Waals surface area (Å²) in [6.07, 6.45) is 4.19. The second-order valence-electron chi connectivity index (χ2n) is 6.33. The van der Waals surface area contributed by atoms with E-state index in [4.69, 9.17) is 16.3 Å². The lowest BCUT2D eigenvalue weighted by Crippen LogP contribution is -2.43. The third-order valence-corrected chi connectivity index (χ3v) is 4.96.